The number of carbonyl (C=O) groups excluding carboxylic acids is 1. The monoisotopic (exact) mass is 437 g/mol. The molecule has 4 rings (SSSR count). The van der Waals surface area contributed by atoms with Crippen molar-refractivity contribution in [3.8, 4) is 5.75 Å². The SMILES string of the molecule is CC1CCN(c2nnc(SCC(=O)Nc3ccc(OC(F)F)cc3)n2C2CC2)CC1. The van der Waals surface area contributed by atoms with E-state index in [4.69, 9.17) is 0 Å². The molecule has 1 aliphatic carbocycles. The second-order valence-corrected chi connectivity index (χ2v) is 8.74. The van der Waals surface area contributed by atoms with Crippen LogP contribution in [0.5, 0.6) is 5.75 Å². The van der Waals surface area contributed by atoms with Crippen LogP contribution in [0.2, 0.25) is 0 Å². The molecular weight excluding hydrogens is 412 g/mol. The van der Waals surface area contributed by atoms with E-state index in [0.717, 1.165) is 55.8 Å². The molecule has 0 radical (unpaired) electrons. The largest absolute Gasteiger partial charge is 0.435 e. The third-order valence-electron chi connectivity index (χ3n) is 5.32. The van der Waals surface area contributed by atoms with Crippen molar-refractivity contribution in [3.63, 3.8) is 0 Å². The van der Waals surface area contributed by atoms with Gasteiger partial charge in [0.15, 0.2) is 5.16 Å². The summed E-state index contributed by atoms with van der Waals surface area (Å²) < 4.78 is 30.9. The zero-order valence-electron chi connectivity index (χ0n) is 16.8. The lowest BCUT2D eigenvalue weighted by Gasteiger charge is -2.31. The number of halogens is 2. The van der Waals surface area contributed by atoms with Crippen LogP contribution in [0.3, 0.4) is 0 Å². The molecule has 1 N–H and O–H groups in total. The van der Waals surface area contributed by atoms with Gasteiger partial charge in [-0.15, -0.1) is 10.2 Å². The number of nitrogens with zero attached hydrogens (tertiary/aromatic N) is 4. The van der Waals surface area contributed by atoms with E-state index in [1.165, 1.54) is 36.0 Å². The van der Waals surface area contributed by atoms with Gasteiger partial charge in [0, 0.05) is 24.8 Å². The van der Waals surface area contributed by atoms with Gasteiger partial charge < -0.3 is 15.0 Å². The minimum atomic E-state index is -2.87. The van der Waals surface area contributed by atoms with E-state index in [1.807, 2.05) is 0 Å². The Kier molecular flexibility index (Phi) is 6.40. The van der Waals surface area contributed by atoms with Gasteiger partial charge in [0.25, 0.3) is 0 Å². The standard InChI is InChI=1S/C20H25F2N5O2S/c1-13-8-10-26(11-9-13)19-24-25-20(27(19)15-4-5-15)30-12-17(28)23-14-2-6-16(7-3-14)29-18(21)22/h2-3,6-7,13,15,18H,4-5,8-12H2,1H3,(H,23,28). The Morgan fingerprint density at radius 3 is 2.53 bits per heavy atom. The number of alkyl halides is 2. The molecule has 1 aliphatic heterocycles. The third-order valence-corrected chi connectivity index (χ3v) is 6.26. The molecule has 30 heavy (non-hydrogen) atoms. The quantitative estimate of drug-likeness (QED) is 0.625. The summed E-state index contributed by atoms with van der Waals surface area (Å²) in [5, 5.41) is 12.3. The van der Waals surface area contributed by atoms with Crippen molar-refractivity contribution in [3.05, 3.63) is 24.3 Å². The van der Waals surface area contributed by atoms with Crippen LogP contribution >= 0.6 is 11.8 Å². The van der Waals surface area contributed by atoms with Crippen LogP contribution in [0, 0.1) is 5.92 Å². The molecule has 0 spiro atoms. The second kappa shape index (κ2) is 9.20. The molecule has 0 atom stereocenters. The zero-order chi connectivity index (χ0) is 21.1. The number of thioether (sulfide) groups is 1. The third kappa shape index (κ3) is 5.21. The molecule has 2 heterocycles. The van der Waals surface area contributed by atoms with Crippen LogP contribution in [-0.2, 0) is 4.79 Å². The average Bonchev–Trinajstić information content (AvgIpc) is 3.47. The number of ether oxygens (including phenoxy) is 1. The van der Waals surface area contributed by atoms with Crippen molar-refractivity contribution in [1.82, 2.24) is 14.8 Å². The Bertz CT molecular complexity index is 865. The number of hydrogen-bond donors (Lipinski definition) is 1. The molecular formula is C20H25F2N5O2S. The number of amides is 1. The van der Waals surface area contributed by atoms with Crippen molar-refractivity contribution >= 4 is 29.3 Å². The van der Waals surface area contributed by atoms with Gasteiger partial charge in [-0.1, -0.05) is 18.7 Å². The van der Waals surface area contributed by atoms with Crippen LogP contribution in [0.15, 0.2) is 29.4 Å². The molecule has 10 heteroatoms. The van der Waals surface area contributed by atoms with Crippen molar-refractivity contribution in [2.75, 3.05) is 29.1 Å². The van der Waals surface area contributed by atoms with E-state index in [2.05, 4.69) is 36.6 Å². The van der Waals surface area contributed by atoms with Crippen molar-refractivity contribution in [2.45, 2.75) is 50.4 Å². The maximum atomic E-state index is 12.3. The van der Waals surface area contributed by atoms with Crippen LogP contribution in [0.4, 0.5) is 20.4 Å². The number of carbonyl (C=O) groups is 1. The van der Waals surface area contributed by atoms with E-state index >= 15 is 0 Å². The number of hydrogen-bond acceptors (Lipinski definition) is 6. The fourth-order valence-corrected chi connectivity index (χ4v) is 4.29. The van der Waals surface area contributed by atoms with Gasteiger partial charge in [-0.3, -0.25) is 9.36 Å². The molecule has 1 amide bonds. The molecule has 2 fully saturated rings. The van der Waals surface area contributed by atoms with Crippen LogP contribution in [0.1, 0.15) is 38.6 Å². The van der Waals surface area contributed by atoms with Gasteiger partial charge in [-0.25, -0.2) is 0 Å². The van der Waals surface area contributed by atoms with Gasteiger partial charge in [0.2, 0.25) is 11.9 Å². The number of rotatable bonds is 8. The summed E-state index contributed by atoms with van der Waals surface area (Å²) in [4.78, 5) is 14.6. The summed E-state index contributed by atoms with van der Waals surface area (Å²) >= 11 is 1.37. The predicted molar refractivity (Wildman–Crippen MR) is 111 cm³/mol. The highest BCUT2D eigenvalue weighted by Gasteiger charge is 2.32. The Labute approximate surface area is 178 Å². The number of aromatic nitrogens is 3. The Morgan fingerprint density at radius 2 is 1.90 bits per heavy atom. The topological polar surface area (TPSA) is 72.3 Å². The molecule has 1 saturated heterocycles. The summed E-state index contributed by atoms with van der Waals surface area (Å²) in [6.07, 6.45) is 4.54. The maximum absolute atomic E-state index is 12.3. The molecule has 2 aromatic rings. The first-order valence-electron chi connectivity index (χ1n) is 10.2. The number of piperidine rings is 1. The molecule has 1 aromatic heterocycles. The summed E-state index contributed by atoms with van der Waals surface area (Å²) in [5.74, 6) is 1.71. The highest BCUT2D eigenvalue weighted by Crippen LogP contribution is 2.41. The summed E-state index contributed by atoms with van der Waals surface area (Å²) in [6, 6.07) is 6.27. The molecule has 2 aliphatic rings. The van der Waals surface area contributed by atoms with Crippen molar-refractivity contribution in [2.24, 2.45) is 5.92 Å². The molecule has 1 saturated carbocycles. The van der Waals surface area contributed by atoms with E-state index < -0.39 is 6.61 Å². The van der Waals surface area contributed by atoms with E-state index in [1.54, 1.807) is 0 Å². The fourth-order valence-electron chi connectivity index (χ4n) is 3.49. The first-order valence-corrected chi connectivity index (χ1v) is 11.2. The van der Waals surface area contributed by atoms with Gasteiger partial charge in [0.1, 0.15) is 5.75 Å². The minimum Gasteiger partial charge on any atom is -0.435 e. The zero-order valence-corrected chi connectivity index (χ0v) is 17.6. The van der Waals surface area contributed by atoms with Crippen molar-refractivity contribution in [1.29, 1.82) is 0 Å². The number of anilines is 2. The summed E-state index contributed by atoms with van der Waals surface area (Å²) in [7, 11) is 0. The van der Waals surface area contributed by atoms with E-state index in [0.29, 0.717) is 11.7 Å². The molecule has 162 valence electrons. The highest BCUT2D eigenvalue weighted by atomic mass is 32.2. The average molecular weight is 438 g/mol. The lowest BCUT2D eigenvalue weighted by atomic mass is 10.00. The first kappa shape index (κ1) is 20.9. The van der Waals surface area contributed by atoms with Gasteiger partial charge in [-0.05, 0) is 55.9 Å². The molecule has 0 unspecified atom stereocenters. The van der Waals surface area contributed by atoms with E-state index in [9.17, 15) is 13.6 Å². The maximum Gasteiger partial charge on any atom is 0.387 e. The van der Waals surface area contributed by atoms with Crippen molar-refractivity contribution < 1.29 is 18.3 Å². The Hall–Kier alpha value is -2.36. The Balaban J connectivity index is 1.35. The van der Waals surface area contributed by atoms with E-state index in [-0.39, 0.29) is 17.4 Å². The predicted octanol–water partition coefficient (Wildman–Crippen LogP) is 4.18. The fraction of sp³-hybridized carbons (Fsp3) is 0.550. The van der Waals surface area contributed by atoms with Gasteiger partial charge in [-0.2, -0.15) is 8.78 Å². The Morgan fingerprint density at radius 1 is 1.20 bits per heavy atom. The number of nitrogens with one attached hydrogen (secondary N) is 1. The summed E-state index contributed by atoms with van der Waals surface area (Å²) in [5.41, 5.74) is 0.522. The highest BCUT2D eigenvalue weighted by molar-refractivity contribution is 7.99. The second-order valence-electron chi connectivity index (χ2n) is 7.79. The molecule has 7 nitrogen and oxygen atoms in total. The van der Waals surface area contributed by atoms with Crippen LogP contribution < -0.4 is 15.0 Å². The molecule has 1 aromatic carbocycles. The summed E-state index contributed by atoms with van der Waals surface area (Å²) in [6.45, 7) is 1.39. The van der Waals surface area contributed by atoms with Crippen LogP contribution in [0.25, 0.3) is 0 Å². The normalized spacial score (nSPS) is 17.4. The van der Waals surface area contributed by atoms with Gasteiger partial charge >= 0.3 is 6.61 Å². The van der Waals surface area contributed by atoms with Gasteiger partial charge in [0.05, 0.1) is 5.75 Å². The molecule has 0 bridgehead atoms. The lowest BCUT2D eigenvalue weighted by Crippen LogP contribution is -2.34. The first-order chi connectivity index (χ1) is 14.5. The smallest absolute Gasteiger partial charge is 0.387 e. The minimum absolute atomic E-state index is 0.0505. The van der Waals surface area contributed by atoms with Crippen LogP contribution in [-0.4, -0.2) is 46.1 Å². The lowest BCUT2D eigenvalue weighted by molar-refractivity contribution is -0.113. The number of benzene rings is 1.